The maximum Gasteiger partial charge on any atom is 0.270 e. The third kappa shape index (κ3) is 3.60. The molecule has 1 heterocycles. The second-order valence-corrected chi connectivity index (χ2v) is 5.45. The van der Waals surface area contributed by atoms with E-state index in [1.807, 2.05) is 49.4 Å². The molecule has 3 rings (SSSR count). The number of benzene rings is 1. The first-order valence-electron chi connectivity index (χ1n) is 7.31. The number of pyridine rings is 1. The number of hydrogen-bond donors (Lipinski definition) is 2. The number of carbonyl (C=O) groups excluding carboxylic acids is 1. The first kappa shape index (κ1) is 13.6. The van der Waals surface area contributed by atoms with Gasteiger partial charge in [-0.3, -0.25) is 9.78 Å². The molecule has 0 aliphatic heterocycles. The zero-order valence-corrected chi connectivity index (χ0v) is 12.0. The SMILES string of the molecule is CC(NC(=O)c1cc(NC2CC2)ccn1)c1ccccc1. The van der Waals surface area contributed by atoms with Crippen molar-refractivity contribution < 1.29 is 4.79 Å². The minimum Gasteiger partial charge on any atom is -0.382 e. The summed E-state index contributed by atoms with van der Waals surface area (Å²) < 4.78 is 0. The molecule has 4 nitrogen and oxygen atoms in total. The molecule has 1 unspecified atom stereocenters. The number of hydrogen-bond acceptors (Lipinski definition) is 3. The average Bonchev–Trinajstić information content (AvgIpc) is 3.32. The fourth-order valence-electron chi connectivity index (χ4n) is 2.20. The van der Waals surface area contributed by atoms with Crippen molar-refractivity contribution in [1.82, 2.24) is 10.3 Å². The molecule has 1 atom stereocenters. The number of amides is 1. The van der Waals surface area contributed by atoms with Crippen molar-refractivity contribution in [3.05, 3.63) is 59.9 Å². The number of anilines is 1. The van der Waals surface area contributed by atoms with Crippen molar-refractivity contribution in [2.24, 2.45) is 0 Å². The zero-order chi connectivity index (χ0) is 14.7. The van der Waals surface area contributed by atoms with Gasteiger partial charge in [-0.1, -0.05) is 30.3 Å². The van der Waals surface area contributed by atoms with E-state index >= 15 is 0 Å². The van der Waals surface area contributed by atoms with E-state index in [1.54, 1.807) is 6.20 Å². The summed E-state index contributed by atoms with van der Waals surface area (Å²) in [5.74, 6) is -0.147. The predicted molar refractivity (Wildman–Crippen MR) is 83.2 cm³/mol. The lowest BCUT2D eigenvalue weighted by Gasteiger charge is -2.14. The van der Waals surface area contributed by atoms with Gasteiger partial charge in [-0.05, 0) is 37.5 Å². The monoisotopic (exact) mass is 281 g/mol. The van der Waals surface area contributed by atoms with Crippen LogP contribution in [0.4, 0.5) is 5.69 Å². The van der Waals surface area contributed by atoms with Crippen molar-refractivity contribution in [2.45, 2.75) is 31.8 Å². The highest BCUT2D eigenvalue weighted by Crippen LogP contribution is 2.24. The molecule has 1 amide bonds. The first-order valence-corrected chi connectivity index (χ1v) is 7.31. The van der Waals surface area contributed by atoms with Crippen LogP contribution in [0, 0.1) is 0 Å². The smallest absolute Gasteiger partial charge is 0.270 e. The van der Waals surface area contributed by atoms with Gasteiger partial charge in [0.25, 0.3) is 5.91 Å². The molecule has 1 aromatic carbocycles. The summed E-state index contributed by atoms with van der Waals surface area (Å²) in [4.78, 5) is 16.4. The van der Waals surface area contributed by atoms with Gasteiger partial charge in [-0.2, -0.15) is 0 Å². The maximum atomic E-state index is 12.3. The number of nitrogens with zero attached hydrogens (tertiary/aromatic N) is 1. The van der Waals surface area contributed by atoms with E-state index in [4.69, 9.17) is 0 Å². The van der Waals surface area contributed by atoms with Crippen LogP contribution in [0.25, 0.3) is 0 Å². The van der Waals surface area contributed by atoms with Gasteiger partial charge in [0.1, 0.15) is 5.69 Å². The molecule has 1 fully saturated rings. The van der Waals surface area contributed by atoms with Gasteiger partial charge in [0.15, 0.2) is 0 Å². The van der Waals surface area contributed by atoms with Gasteiger partial charge in [0.05, 0.1) is 6.04 Å². The lowest BCUT2D eigenvalue weighted by atomic mass is 10.1. The lowest BCUT2D eigenvalue weighted by molar-refractivity contribution is 0.0935. The molecular formula is C17H19N3O. The molecule has 1 saturated carbocycles. The van der Waals surface area contributed by atoms with Crippen LogP contribution in [0.2, 0.25) is 0 Å². The van der Waals surface area contributed by atoms with Crippen LogP contribution in [-0.2, 0) is 0 Å². The Labute approximate surface area is 124 Å². The quantitative estimate of drug-likeness (QED) is 0.885. The fourth-order valence-corrected chi connectivity index (χ4v) is 2.20. The molecule has 4 heteroatoms. The summed E-state index contributed by atoms with van der Waals surface area (Å²) in [6, 6.07) is 14.1. The zero-order valence-electron chi connectivity index (χ0n) is 12.0. The lowest BCUT2D eigenvalue weighted by Crippen LogP contribution is -2.27. The minimum atomic E-state index is -0.147. The number of rotatable bonds is 5. The Bertz CT molecular complexity index is 623. The molecule has 1 aromatic heterocycles. The second kappa shape index (κ2) is 5.95. The summed E-state index contributed by atoms with van der Waals surface area (Å²) in [5, 5.41) is 6.36. The van der Waals surface area contributed by atoms with Gasteiger partial charge >= 0.3 is 0 Å². The Kier molecular flexibility index (Phi) is 3.86. The van der Waals surface area contributed by atoms with E-state index in [9.17, 15) is 4.79 Å². The summed E-state index contributed by atoms with van der Waals surface area (Å²) in [6.45, 7) is 1.97. The number of aromatic nitrogens is 1. The van der Waals surface area contributed by atoms with Crippen LogP contribution in [-0.4, -0.2) is 16.9 Å². The van der Waals surface area contributed by atoms with Gasteiger partial charge in [-0.25, -0.2) is 0 Å². The highest BCUT2D eigenvalue weighted by Gasteiger charge is 2.21. The normalized spacial score (nSPS) is 15.3. The second-order valence-electron chi connectivity index (χ2n) is 5.45. The summed E-state index contributed by atoms with van der Waals surface area (Å²) in [7, 11) is 0. The molecular weight excluding hydrogens is 262 g/mol. The van der Waals surface area contributed by atoms with E-state index in [0.29, 0.717) is 11.7 Å². The molecule has 0 radical (unpaired) electrons. The first-order chi connectivity index (χ1) is 10.2. The van der Waals surface area contributed by atoms with Gasteiger partial charge in [0.2, 0.25) is 0 Å². The van der Waals surface area contributed by atoms with Gasteiger partial charge in [0, 0.05) is 17.9 Å². The van der Waals surface area contributed by atoms with Crippen LogP contribution in [0.3, 0.4) is 0 Å². The Hall–Kier alpha value is -2.36. The van der Waals surface area contributed by atoms with Crippen molar-refractivity contribution in [3.63, 3.8) is 0 Å². The van der Waals surface area contributed by atoms with E-state index < -0.39 is 0 Å². The van der Waals surface area contributed by atoms with Crippen molar-refractivity contribution in [2.75, 3.05) is 5.32 Å². The number of carbonyl (C=O) groups is 1. The molecule has 2 N–H and O–H groups in total. The molecule has 1 aliphatic carbocycles. The molecule has 0 saturated heterocycles. The summed E-state index contributed by atoms with van der Waals surface area (Å²) in [6.07, 6.45) is 4.08. The molecule has 1 aliphatic rings. The molecule has 21 heavy (non-hydrogen) atoms. The molecule has 108 valence electrons. The van der Waals surface area contributed by atoms with Crippen molar-refractivity contribution in [3.8, 4) is 0 Å². The van der Waals surface area contributed by atoms with Crippen molar-refractivity contribution in [1.29, 1.82) is 0 Å². The average molecular weight is 281 g/mol. The number of nitrogens with one attached hydrogen (secondary N) is 2. The van der Waals surface area contributed by atoms with Crippen LogP contribution in [0.5, 0.6) is 0 Å². The Balaban J connectivity index is 1.67. The Morgan fingerprint density at radius 3 is 2.71 bits per heavy atom. The van der Waals surface area contributed by atoms with E-state index in [1.165, 1.54) is 12.8 Å². The topological polar surface area (TPSA) is 54.0 Å². The van der Waals surface area contributed by atoms with E-state index in [0.717, 1.165) is 11.3 Å². The van der Waals surface area contributed by atoms with E-state index in [-0.39, 0.29) is 11.9 Å². The largest absolute Gasteiger partial charge is 0.382 e. The van der Waals surface area contributed by atoms with Gasteiger partial charge in [-0.15, -0.1) is 0 Å². The summed E-state index contributed by atoms with van der Waals surface area (Å²) >= 11 is 0. The Morgan fingerprint density at radius 2 is 2.00 bits per heavy atom. The predicted octanol–water partition coefficient (Wildman–Crippen LogP) is 3.15. The highest BCUT2D eigenvalue weighted by molar-refractivity contribution is 5.93. The van der Waals surface area contributed by atoms with Gasteiger partial charge < -0.3 is 10.6 Å². The van der Waals surface area contributed by atoms with Crippen LogP contribution >= 0.6 is 0 Å². The van der Waals surface area contributed by atoms with Crippen LogP contribution in [0.15, 0.2) is 48.7 Å². The third-order valence-corrected chi connectivity index (χ3v) is 3.59. The van der Waals surface area contributed by atoms with Crippen LogP contribution < -0.4 is 10.6 Å². The van der Waals surface area contributed by atoms with Crippen molar-refractivity contribution >= 4 is 11.6 Å². The third-order valence-electron chi connectivity index (χ3n) is 3.59. The van der Waals surface area contributed by atoms with E-state index in [2.05, 4.69) is 15.6 Å². The molecule has 0 spiro atoms. The minimum absolute atomic E-state index is 0.0412. The highest BCUT2D eigenvalue weighted by atomic mass is 16.1. The standard InChI is InChI=1S/C17H19N3O/c1-12(13-5-3-2-4-6-13)19-17(21)16-11-15(9-10-18-16)20-14-7-8-14/h2-6,9-12,14H,7-8H2,1H3,(H,18,20)(H,19,21). The molecule has 0 bridgehead atoms. The summed E-state index contributed by atoms with van der Waals surface area (Å²) in [5.41, 5.74) is 2.49. The fraction of sp³-hybridized carbons (Fsp3) is 0.294. The Morgan fingerprint density at radius 1 is 1.24 bits per heavy atom. The maximum absolute atomic E-state index is 12.3. The molecule has 2 aromatic rings. The van der Waals surface area contributed by atoms with Crippen LogP contribution in [0.1, 0.15) is 41.9 Å².